The predicted molar refractivity (Wildman–Crippen MR) is 71.3 cm³/mol. The van der Waals surface area contributed by atoms with E-state index in [-0.39, 0.29) is 24.6 Å². The van der Waals surface area contributed by atoms with Crippen molar-refractivity contribution in [3.05, 3.63) is 29.8 Å². The Morgan fingerprint density at radius 2 is 2.17 bits per heavy atom. The molecule has 4 nitrogen and oxygen atoms in total. The summed E-state index contributed by atoms with van der Waals surface area (Å²) in [7, 11) is 0. The zero-order valence-corrected chi connectivity index (χ0v) is 11.0. The molecule has 1 aromatic rings. The van der Waals surface area contributed by atoms with Gasteiger partial charge in [0.25, 0.3) is 0 Å². The molecule has 1 aliphatic rings. The second kappa shape index (κ2) is 6.18. The van der Waals surface area contributed by atoms with E-state index in [1.165, 1.54) is 0 Å². The van der Waals surface area contributed by atoms with E-state index in [2.05, 4.69) is 36.8 Å². The Hall–Kier alpha value is -1.10. The van der Waals surface area contributed by atoms with Gasteiger partial charge in [-0.2, -0.15) is 0 Å². The quantitative estimate of drug-likeness (QED) is 0.743. The van der Waals surface area contributed by atoms with Crippen LogP contribution in [-0.4, -0.2) is 24.4 Å². The largest absolute Gasteiger partial charge is 0.494 e. The molecule has 1 heterocycles. The van der Waals surface area contributed by atoms with Gasteiger partial charge in [-0.05, 0) is 31.0 Å². The maximum absolute atomic E-state index is 9.47. The number of hydrogen-bond acceptors (Lipinski definition) is 4. The van der Waals surface area contributed by atoms with Crippen LogP contribution in [0.3, 0.4) is 0 Å². The van der Waals surface area contributed by atoms with Crippen LogP contribution in [0.25, 0.3) is 0 Å². The van der Waals surface area contributed by atoms with Crippen LogP contribution in [-0.2, 0) is 0 Å². The summed E-state index contributed by atoms with van der Waals surface area (Å²) in [5.41, 5.74) is 7.57. The summed E-state index contributed by atoms with van der Waals surface area (Å²) >= 11 is 0. The Morgan fingerprint density at radius 1 is 1.33 bits per heavy atom. The van der Waals surface area contributed by atoms with Gasteiger partial charge in [-0.15, -0.1) is 0 Å². The van der Waals surface area contributed by atoms with Crippen molar-refractivity contribution in [2.75, 3.05) is 13.2 Å². The molecule has 1 fully saturated rings. The predicted octanol–water partition coefficient (Wildman–Crippen LogP) is 1.62. The molecule has 100 valence electrons. The van der Waals surface area contributed by atoms with Crippen molar-refractivity contribution in [2.24, 2.45) is 5.92 Å². The lowest BCUT2D eigenvalue weighted by Crippen LogP contribution is -2.29. The van der Waals surface area contributed by atoms with Crippen LogP contribution in [0.5, 0.6) is 5.75 Å². The van der Waals surface area contributed by atoms with Crippen LogP contribution in [0.1, 0.15) is 31.9 Å². The van der Waals surface area contributed by atoms with Gasteiger partial charge in [0, 0.05) is 18.6 Å². The van der Waals surface area contributed by atoms with Crippen LogP contribution in [0.2, 0.25) is 0 Å². The Kier molecular flexibility index (Phi) is 4.58. The molecule has 0 aliphatic carbocycles. The fraction of sp³-hybridized carbons (Fsp3) is 0.571. The third-order valence-corrected chi connectivity index (χ3v) is 3.44. The summed E-state index contributed by atoms with van der Waals surface area (Å²) in [5, 5.41) is 9.47. The molecule has 1 aliphatic heterocycles. The van der Waals surface area contributed by atoms with Gasteiger partial charge in [0.15, 0.2) is 0 Å². The van der Waals surface area contributed by atoms with E-state index < -0.39 is 0 Å². The minimum absolute atomic E-state index is 0.134. The van der Waals surface area contributed by atoms with E-state index in [0.717, 1.165) is 24.3 Å². The van der Waals surface area contributed by atoms with Gasteiger partial charge >= 0.3 is 0 Å². The smallest absolute Gasteiger partial charge is 0.119 e. The average molecular weight is 250 g/mol. The fourth-order valence-electron chi connectivity index (χ4n) is 2.34. The third kappa shape index (κ3) is 2.83. The molecule has 3 N–H and O–H groups in total. The monoisotopic (exact) mass is 250 g/mol. The molecule has 0 aromatic heterocycles. The maximum Gasteiger partial charge on any atom is 0.119 e. The Morgan fingerprint density at radius 3 is 2.89 bits per heavy atom. The average Bonchev–Trinajstić information content (AvgIpc) is 2.77. The standard InChI is InChI=1S/C14H22N2O2/c1-3-7-18-12-6-4-5-11(8-12)14-13(9-17)10(2)15-16-14/h4-6,8,10,13-17H,3,7,9H2,1-2H3. The molecule has 0 radical (unpaired) electrons. The minimum atomic E-state index is 0.134. The van der Waals surface area contributed by atoms with Crippen molar-refractivity contribution >= 4 is 0 Å². The highest BCUT2D eigenvalue weighted by Gasteiger charge is 2.33. The molecule has 0 spiro atoms. The molecular formula is C14H22N2O2. The number of rotatable bonds is 5. The van der Waals surface area contributed by atoms with E-state index >= 15 is 0 Å². The minimum Gasteiger partial charge on any atom is -0.494 e. The Bertz CT molecular complexity index is 384. The van der Waals surface area contributed by atoms with Crippen molar-refractivity contribution in [3.8, 4) is 5.75 Å². The zero-order valence-electron chi connectivity index (χ0n) is 11.0. The van der Waals surface area contributed by atoms with Gasteiger partial charge in [0.1, 0.15) is 5.75 Å². The zero-order chi connectivity index (χ0) is 13.0. The summed E-state index contributed by atoms with van der Waals surface area (Å²) in [6, 6.07) is 8.49. The number of aliphatic hydroxyl groups is 1. The van der Waals surface area contributed by atoms with E-state index in [1.807, 2.05) is 12.1 Å². The molecule has 0 amide bonds. The summed E-state index contributed by atoms with van der Waals surface area (Å²) in [6.07, 6.45) is 1.00. The highest BCUT2D eigenvalue weighted by atomic mass is 16.5. The molecule has 0 saturated carbocycles. The number of hydrazine groups is 1. The van der Waals surface area contributed by atoms with E-state index in [0.29, 0.717) is 0 Å². The van der Waals surface area contributed by atoms with Crippen LogP contribution in [0.4, 0.5) is 0 Å². The Balaban J connectivity index is 2.12. The van der Waals surface area contributed by atoms with Gasteiger partial charge in [-0.25, -0.2) is 5.43 Å². The second-order valence-corrected chi connectivity index (χ2v) is 4.82. The number of benzene rings is 1. The van der Waals surface area contributed by atoms with Gasteiger partial charge in [0.05, 0.1) is 12.6 Å². The molecular weight excluding hydrogens is 228 g/mol. The van der Waals surface area contributed by atoms with Crippen molar-refractivity contribution < 1.29 is 9.84 Å². The molecule has 1 aromatic carbocycles. The first-order valence-electron chi connectivity index (χ1n) is 6.61. The highest BCUT2D eigenvalue weighted by Crippen LogP contribution is 2.30. The van der Waals surface area contributed by atoms with Crippen LogP contribution >= 0.6 is 0 Å². The van der Waals surface area contributed by atoms with Gasteiger partial charge < -0.3 is 9.84 Å². The molecule has 3 unspecified atom stereocenters. The topological polar surface area (TPSA) is 53.5 Å². The number of hydrogen-bond donors (Lipinski definition) is 3. The second-order valence-electron chi connectivity index (χ2n) is 4.82. The lowest BCUT2D eigenvalue weighted by molar-refractivity contribution is 0.204. The lowest BCUT2D eigenvalue weighted by Gasteiger charge is -2.19. The van der Waals surface area contributed by atoms with Crippen LogP contribution in [0.15, 0.2) is 24.3 Å². The number of nitrogens with one attached hydrogen (secondary N) is 2. The fourth-order valence-corrected chi connectivity index (χ4v) is 2.34. The SMILES string of the molecule is CCCOc1cccc(C2NNC(C)C2CO)c1. The molecule has 2 rings (SSSR count). The summed E-state index contributed by atoms with van der Waals surface area (Å²) in [5.74, 6) is 1.08. The molecule has 3 atom stereocenters. The first-order chi connectivity index (χ1) is 8.76. The molecule has 18 heavy (non-hydrogen) atoms. The molecule has 1 saturated heterocycles. The van der Waals surface area contributed by atoms with Crippen molar-refractivity contribution in [2.45, 2.75) is 32.4 Å². The normalized spacial score (nSPS) is 27.4. The van der Waals surface area contributed by atoms with Gasteiger partial charge in [-0.3, -0.25) is 5.43 Å². The van der Waals surface area contributed by atoms with Crippen LogP contribution < -0.4 is 15.6 Å². The summed E-state index contributed by atoms with van der Waals surface area (Å²) < 4.78 is 5.64. The third-order valence-electron chi connectivity index (χ3n) is 3.44. The first-order valence-corrected chi connectivity index (χ1v) is 6.61. The van der Waals surface area contributed by atoms with Crippen LogP contribution in [0, 0.1) is 5.92 Å². The Labute approximate surface area is 108 Å². The molecule has 4 heteroatoms. The van der Waals surface area contributed by atoms with E-state index in [4.69, 9.17) is 4.74 Å². The number of aliphatic hydroxyl groups excluding tert-OH is 1. The van der Waals surface area contributed by atoms with Crippen molar-refractivity contribution in [3.63, 3.8) is 0 Å². The van der Waals surface area contributed by atoms with E-state index in [9.17, 15) is 5.11 Å². The molecule has 0 bridgehead atoms. The number of ether oxygens (including phenoxy) is 1. The summed E-state index contributed by atoms with van der Waals surface area (Å²) in [4.78, 5) is 0. The summed E-state index contributed by atoms with van der Waals surface area (Å²) in [6.45, 7) is 5.08. The van der Waals surface area contributed by atoms with E-state index in [1.54, 1.807) is 0 Å². The highest BCUT2D eigenvalue weighted by molar-refractivity contribution is 5.31. The maximum atomic E-state index is 9.47. The lowest BCUT2D eigenvalue weighted by atomic mass is 9.91. The first kappa shape index (κ1) is 13.3. The van der Waals surface area contributed by atoms with Gasteiger partial charge in [-0.1, -0.05) is 19.1 Å². The van der Waals surface area contributed by atoms with Crippen molar-refractivity contribution in [1.82, 2.24) is 10.9 Å². The van der Waals surface area contributed by atoms with Gasteiger partial charge in [0.2, 0.25) is 0 Å². The van der Waals surface area contributed by atoms with Crippen molar-refractivity contribution in [1.29, 1.82) is 0 Å².